The van der Waals surface area contributed by atoms with Crippen LogP contribution in [-0.4, -0.2) is 41.4 Å². The Balaban J connectivity index is 1.66. The van der Waals surface area contributed by atoms with Crippen LogP contribution in [0.15, 0.2) is 66.7 Å². The number of ether oxygens (including phenoxy) is 3. The maximum Gasteiger partial charge on any atom is 0.416 e. The fourth-order valence-corrected chi connectivity index (χ4v) is 3.86. The molecule has 0 aliphatic carbocycles. The zero-order valence-corrected chi connectivity index (χ0v) is 24.6. The molecule has 0 aliphatic rings. The summed E-state index contributed by atoms with van der Waals surface area (Å²) in [6.07, 6.45) is -0.664. The molecule has 3 rings (SSSR count). The molecular formula is C32H41N3O5. The van der Waals surface area contributed by atoms with Crippen LogP contribution in [0.2, 0.25) is 0 Å². The van der Waals surface area contributed by atoms with Crippen LogP contribution in [0.5, 0.6) is 5.75 Å². The number of aromatic nitrogens is 1. The molecule has 0 unspecified atom stereocenters. The van der Waals surface area contributed by atoms with Crippen molar-refractivity contribution in [3.8, 4) is 16.9 Å². The zero-order valence-electron chi connectivity index (χ0n) is 24.6. The van der Waals surface area contributed by atoms with Gasteiger partial charge in [0.05, 0.1) is 12.3 Å². The number of anilines is 1. The van der Waals surface area contributed by atoms with Gasteiger partial charge in [-0.25, -0.2) is 9.78 Å². The molecule has 1 amide bonds. The number of hydrogen-bond donors (Lipinski definition) is 1. The molecule has 0 fully saturated rings. The predicted molar refractivity (Wildman–Crippen MR) is 157 cm³/mol. The lowest BCUT2D eigenvalue weighted by atomic mass is 10.0. The quantitative estimate of drug-likeness (QED) is 0.289. The van der Waals surface area contributed by atoms with E-state index in [1.807, 2.05) is 31.2 Å². The molecule has 0 radical (unpaired) electrons. The Kier molecular flexibility index (Phi) is 10.3. The summed E-state index contributed by atoms with van der Waals surface area (Å²) >= 11 is 0. The lowest BCUT2D eigenvalue weighted by Crippen LogP contribution is -2.42. The highest BCUT2D eigenvalue weighted by Gasteiger charge is 2.28. The van der Waals surface area contributed by atoms with Crippen molar-refractivity contribution >= 4 is 17.9 Å². The van der Waals surface area contributed by atoms with Gasteiger partial charge in [-0.1, -0.05) is 42.5 Å². The summed E-state index contributed by atoms with van der Waals surface area (Å²) in [7, 11) is 0. The van der Waals surface area contributed by atoms with E-state index in [0.717, 1.165) is 28.1 Å². The van der Waals surface area contributed by atoms with Crippen molar-refractivity contribution in [2.75, 3.05) is 18.1 Å². The average Bonchev–Trinajstić information content (AvgIpc) is 2.86. The smallest absolute Gasteiger partial charge is 0.416 e. The standard InChI is InChI=1S/C32H41N3O5/c1-8-38-27-13-9-11-25(19-27)24-17-15-23(16-18-24)20-33-21-26-12-10-14-28(34-26)35(30(37)40-32(5,6)7)22-29(36)39-31(2,3)4/h9-19,33H,8,20-22H2,1-7H3. The second-order valence-corrected chi connectivity index (χ2v) is 11.4. The first kappa shape index (κ1) is 30.6. The Morgan fingerprint density at radius 3 is 2.15 bits per heavy atom. The van der Waals surface area contributed by atoms with Crippen LogP contribution in [0.3, 0.4) is 0 Å². The minimum absolute atomic E-state index is 0.310. The van der Waals surface area contributed by atoms with Crippen LogP contribution >= 0.6 is 0 Å². The number of hydrogen-bond acceptors (Lipinski definition) is 7. The van der Waals surface area contributed by atoms with E-state index in [1.165, 1.54) is 4.90 Å². The van der Waals surface area contributed by atoms with Gasteiger partial charge >= 0.3 is 12.1 Å². The number of nitrogens with zero attached hydrogens (tertiary/aromatic N) is 2. The van der Waals surface area contributed by atoms with Gasteiger partial charge in [0.25, 0.3) is 0 Å². The third kappa shape index (κ3) is 10.0. The largest absolute Gasteiger partial charge is 0.494 e. The number of nitrogens with one attached hydrogen (secondary N) is 1. The van der Waals surface area contributed by atoms with Gasteiger partial charge in [-0.2, -0.15) is 0 Å². The summed E-state index contributed by atoms with van der Waals surface area (Å²) < 4.78 is 16.6. The number of esters is 1. The van der Waals surface area contributed by atoms with Gasteiger partial charge in [0.1, 0.15) is 29.3 Å². The van der Waals surface area contributed by atoms with Gasteiger partial charge in [-0.15, -0.1) is 0 Å². The molecule has 8 heteroatoms. The lowest BCUT2D eigenvalue weighted by Gasteiger charge is -2.27. The Morgan fingerprint density at radius 2 is 1.50 bits per heavy atom. The summed E-state index contributed by atoms with van der Waals surface area (Å²) in [5.41, 5.74) is 2.66. The van der Waals surface area contributed by atoms with E-state index in [2.05, 4.69) is 40.6 Å². The maximum atomic E-state index is 13.0. The van der Waals surface area contributed by atoms with E-state index in [9.17, 15) is 9.59 Å². The fraction of sp³-hybridized carbons (Fsp3) is 0.406. The summed E-state index contributed by atoms with van der Waals surface area (Å²) in [6, 6.07) is 21.8. The molecule has 0 spiro atoms. The molecule has 40 heavy (non-hydrogen) atoms. The first-order valence-corrected chi connectivity index (χ1v) is 13.5. The average molecular weight is 548 g/mol. The highest BCUT2D eigenvalue weighted by molar-refractivity contribution is 5.92. The molecule has 1 N–H and O–H groups in total. The number of carbonyl (C=O) groups is 2. The lowest BCUT2D eigenvalue weighted by molar-refractivity contribution is -0.153. The van der Waals surface area contributed by atoms with Crippen LogP contribution in [-0.2, 0) is 27.4 Å². The molecule has 1 aromatic heterocycles. The van der Waals surface area contributed by atoms with E-state index in [4.69, 9.17) is 14.2 Å². The van der Waals surface area contributed by atoms with Crippen molar-refractivity contribution in [1.82, 2.24) is 10.3 Å². The highest BCUT2D eigenvalue weighted by Crippen LogP contribution is 2.24. The predicted octanol–water partition coefficient (Wildman–Crippen LogP) is 6.52. The molecule has 1 heterocycles. The molecule has 0 saturated carbocycles. The van der Waals surface area contributed by atoms with Crippen LogP contribution in [0.1, 0.15) is 59.7 Å². The first-order valence-electron chi connectivity index (χ1n) is 13.5. The van der Waals surface area contributed by atoms with Crippen molar-refractivity contribution in [3.05, 3.63) is 78.0 Å². The molecule has 0 bridgehead atoms. The molecule has 214 valence electrons. The monoisotopic (exact) mass is 547 g/mol. The van der Waals surface area contributed by atoms with Gasteiger partial charge in [-0.05, 0) is 89.4 Å². The third-order valence-corrected chi connectivity index (χ3v) is 5.46. The van der Waals surface area contributed by atoms with E-state index >= 15 is 0 Å². The summed E-state index contributed by atoms with van der Waals surface area (Å²) in [5, 5.41) is 3.40. The fourth-order valence-electron chi connectivity index (χ4n) is 3.86. The van der Waals surface area contributed by atoms with E-state index in [0.29, 0.717) is 25.5 Å². The molecule has 0 atom stereocenters. The molecule has 0 saturated heterocycles. The van der Waals surface area contributed by atoms with Gasteiger partial charge in [0.15, 0.2) is 0 Å². The van der Waals surface area contributed by atoms with Crippen molar-refractivity contribution in [1.29, 1.82) is 0 Å². The molecule has 2 aromatic carbocycles. The normalized spacial score (nSPS) is 11.6. The van der Waals surface area contributed by atoms with E-state index < -0.39 is 23.3 Å². The summed E-state index contributed by atoms with van der Waals surface area (Å²) in [4.78, 5) is 31.4. The zero-order chi connectivity index (χ0) is 29.3. The number of amides is 1. The molecule has 0 aliphatic heterocycles. The SMILES string of the molecule is CCOc1cccc(-c2ccc(CNCc3cccc(N(CC(=O)OC(C)(C)C)C(=O)OC(C)(C)C)n3)cc2)c1. The van der Waals surface area contributed by atoms with Crippen molar-refractivity contribution < 1.29 is 23.8 Å². The number of rotatable bonds is 10. The minimum Gasteiger partial charge on any atom is -0.494 e. The third-order valence-electron chi connectivity index (χ3n) is 5.46. The van der Waals surface area contributed by atoms with Crippen LogP contribution < -0.4 is 15.0 Å². The maximum absolute atomic E-state index is 13.0. The molecule has 8 nitrogen and oxygen atoms in total. The van der Waals surface area contributed by atoms with Gasteiger partial charge in [0.2, 0.25) is 0 Å². The van der Waals surface area contributed by atoms with E-state index in [1.54, 1.807) is 53.7 Å². The number of pyridine rings is 1. The highest BCUT2D eigenvalue weighted by atomic mass is 16.6. The molecular weight excluding hydrogens is 506 g/mol. The van der Waals surface area contributed by atoms with Gasteiger partial charge in [0, 0.05) is 13.1 Å². The first-order chi connectivity index (χ1) is 18.8. The second kappa shape index (κ2) is 13.4. The van der Waals surface area contributed by atoms with Crippen LogP contribution in [0, 0.1) is 0 Å². The van der Waals surface area contributed by atoms with Crippen molar-refractivity contribution in [3.63, 3.8) is 0 Å². The van der Waals surface area contributed by atoms with E-state index in [-0.39, 0.29) is 6.54 Å². The Bertz CT molecular complexity index is 1280. The van der Waals surface area contributed by atoms with Crippen LogP contribution in [0.4, 0.5) is 10.6 Å². The number of carbonyl (C=O) groups excluding carboxylic acids is 2. The number of benzene rings is 2. The van der Waals surface area contributed by atoms with Crippen molar-refractivity contribution in [2.45, 2.75) is 72.8 Å². The molecule has 3 aromatic rings. The topological polar surface area (TPSA) is 90.0 Å². The second-order valence-electron chi connectivity index (χ2n) is 11.4. The van der Waals surface area contributed by atoms with Crippen molar-refractivity contribution in [2.24, 2.45) is 0 Å². The summed E-state index contributed by atoms with van der Waals surface area (Å²) in [6.45, 7) is 14.1. The van der Waals surface area contributed by atoms with Gasteiger partial charge in [-0.3, -0.25) is 9.69 Å². The van der Waals surface area contributed by atoms with Gasteiger partial charge < -0.3 is 19.5 Å². The Hall–Kier alpha value is -3.91. The minimum atomic E-state index is -0.732. The Labute approximate surface area is 237 Å². The van der Waals surface area contributed by atoms with Crippen LogP contribution in [0.25, 0.3) is 11.1 Å². The summed E-state index contributed by atoms with van der Waals surface area (Å²) in [5.74, 6) is 0.631. The Morgan fingerprint density at radius 1 is 0.825 bits per heavy atom.